The fraction of sp³-hybridized carbons (Fsp3) is 0.500. The van der Waals surface area contributed by atoms with Crippen LogP contribution in [-0.4, -0.2) is 61.2 Å². The predicted octanol–water partition coefficient (Wildman–Crippen LogP) is 2.05. The van der Waals surface area contributed by atoms with Crippen molar-refractivity contribution in [1.82, 2.24) is 0 Å². The second-order valence-corrected chi connectivity index (χ2v) is 11.0. The largest absolute Gasteiger partial charge is 0.458 e. The lowest BCUT2D eigenvalue weighted by Gasteiger charge is -2.40. The maximum absolute atomic E-state index is 12.1. The first-order valence-electron chi connectivity index (χ1n) is 8.58. The summed E-state index contributed by atoms with van der Waals surface area (Å²) in [6, 6.07) is 6.48. The highest BCUT2D eigenvalue weighted by molar-refractivity contribution is 8.17. The van der Waals surface area contributed by atoms with Crippen molar-refractivity contribution < 1.29 is 37.0 Å². The molecule has 0 radical (unpaired) electrons. The summed E-state index contributed by atoms with van der Waals surface area (Å²) in [5, 5.41) is 0. The Morgan fingerprint density at radius 1 is 0.966 bits per heavy atom. The van der Waals surface area contributed by atoms with Crippen molar-refractivity contribution in [2.24, 2.45) is 0 Å². The zero-order chi connectivity index (χ0) is 21.8. The monoisotopic (exact) mass is 462 g/mol. The molecule has 0 N–H and O–H groups in total. The maximum Gasteiger partial charge on any atom is 0.303 e. The second kappa shape index (κ2) is 9.86. The Morgan fingerprint density at radius 3 is 2.07 bits per heavy atom. The first-order valence-corrected chi connectivity index (χ1v) is 12.4. The van der Waals surface area contributed by atoms with Gasteiger partial charge in [0.05, 0.1) is 9.48 Å². The predicted molar refractivity (Wildman–Crippen MR) is 108 cm³/mol. The number of benzene rings is 1. The first-order chi connectivity index (χ1) is 13.5. The minimum Gasteiger partial charge on any atom is -0.458 e. The molecule has 1 aliphatic rings. The van der Waals surface area contributed by atoms with Gasteiger partial charge in [-0.05, 0) is 12.1 Å². The third-order valence-corrected chi connectivity index (χ3v) is 8.01. The van der Waals surface area contributed by atoms with Gasteiger partial charge in [0.15, 0.2) is 28.1 Å². The third kappa shape index (κ3) is 6.65. The summed E-state index contributed by atoms with van der Waals surface area (Å²) < 4.78 is 39.8. The Kier molecular flexibility index (Phi) is 8.01. The number of thioether (sulfide) groups is 2. The molecule has 1 fully saturated rings. The van der Waals surface area contributed by atoms with Crippen molar-refractivity contribution in [1.29, 1.82) is 0 Å². The Labute approximate surface area is 178 Å². The summed E-state index contributed by atoms with van der Waals surface area (Å²) in [5.74, 6) is -1.48. The minimum atomic E-state index is -3.48. The highest BCUT2D eigenvalue weighted by atomic mass is 32.2. The highest BCUT2D eigenvalue weighted by Crippen LogP contribution is 2.43. The summed E-state index contributed by atoms with van der Waals surface area (Å²) in [7, 11) is -3.48. The van der Waals surface area contributed by atoms with Crippen LogP contribution in [0.4, 0.5) is 0 Å². The Morgan fingerprint density at radius 2 is 1.52 bits per heavy atom. The van der Waals surface area contributed by atoms with Crippen LogP contribution in [0.15, 0.2) is 34.1 Å². The van der Waals surface area contributed by atoms with Crippen molar-refractivity contribution >= 4 is 51.3 Å². The van der Waals surface area contributed by atoms with Gasteiger partial charge in [-0.15, -0.1) is 23.5 Å². The van der Waals surface area contributed by atoms with Crippen molar-refractivity contribution in [3.8, 4) is 0 Å². The molecule has 0 spiro atoms. The lowest BCUT2D eigenvalue weighted by atomic mass is 10.1. The molecule has 1 saturated heterocycles. The molecule has 4 atom stereocenters. The SMILES string of the molecule is CC(=O)O[C@@H]1[C@@H](OC(C)=O)[C@H](Sc2ccccc2S(C)(=O)=O)SC[C@H]1OC(C)=O. The van der Waals surface area contributed by atoms with E-state index < -0.39 is 50.6 Å². The van der Waals surface area contributed by atoms with Gasteiger partial charge in [-0.25, -0.2) is 8.42 Å². The maximum atomic E-state index is 12.1. The molecule has 11 heteroatoms. The van der Waals surface area contributed by atoms with E-state index >= 15 is 0 Å². The fourth-order valence-electron chi connectivity index (χ4n) is 2.79. The highest BCUT2D eigenvalue weighted by Gasteiger charge is 2.47. The molecule has 0 amide bonds. The van der Waals surface area contributed by atoms with Gasteiger partial charge < -0.3 is 14.2 Å². The van der Waals surface area contributed by atoms with E-state index in [1.54, 1.807) is 18.2 Å². The number of esters is 3. The van der Waals surface area contributed by atoms with E-state index in [1.807, 2.05) is 0 Å². The molecule has 2 rings (SSSR count). The summed E-state index contributed by atoms with van der Waals surface area (Å²) in [4.78, 5) is 35.4. The molecule has 1 heterocycles. The summed E-state index contributed by atoms with van der Waals surface area (Å²) in [5.41, 5.74) is 0. The minimum absolute atomic E-state index is 0.151. The molecule has 0 saturated carbocycles. The first kappa shape index (κ1) is 23.6. The lowest BCUT2D eigenvalue weighted by Crippen LogP contribution is -2.53. The summed E-state index contributed by atoms with van der Waals surface area (Å²) in [6.45, 7) is 3.66. The standard InChI is InChI=1S/C18H22O8S3/c1-10(19)24-13-9-27-18(17(26-12(3)21)16(13)25-11(2)20)28-14-7-5-6-8-15(14)29(4,22)23/h5-8,13,16-18H,9H2,1-4H3/t13-,16+,17-,18+/m1/s1. The Balaban J connectivity index is 2.39. The van der Waals surface area contributed by atoms with Crippen molar-refractivity contribution in [3.05, 3.63) is 24.3 Å². The lowest BCUT2D eigenvalue weighted by molar-refractivity contribution is -0.180. The molecule has 0 aliphatic carbocycles. The topological polar surface area (TPSA) is 113 Å². The number of rotatable bonds is 6. The molecular weight excluding hydrogens is 440 g/mol. The van der Waals surface area contributed by atoms with Crippen LogP contribution >= 0.6 is 23.5 Å². The number of carbonyl (C=O) groups is 3. The van der Waals surface area contributed by atoms with E-state index in [0.717, 1.165) is 6.26 Å². The van der Waals surface area contributed by atoms with Gasteiger partial charge in [-0.2, -0.15) is 0 Å². The number of ether oxygens (including phenoxy) is 3. The Hall–Kier alpha value is -1.72. The smallest absolute Gasteiger partial charge is 0.303 e. The third-order valence-electron chi connectivity index (χ3n) is 3.80. The van der Waals surface area contributed by atoms with E-state index in [0.29, 0.717) is 4.90 Å². The van der Waals surface area contributed by atoms with Gasteiger partial charge in [-0.1, -0.05) is 12.1 Å². The van der Waals surface area contributed by atoms with Crippen LogP contribution in [0.1, 0.15) is 20.8 Å². The molecule has 0 aromatic heterocycles. The fourth-order valence-corrected chi connectivity index (χ4v) is 6.94. The van der Waals surface area contributed by atoms with Crippen LogP contribution in [0.25, 0.3) is 0 Å². The van der Waals surface area contributed by atoms with E-state index in [9.17, 15) is 22.8 Å². The average molecular weight is 463 g/mol. The number of hydrogen-bond acceptors (Lipinski definition) is 10. The molecule has 1 aromatic rings. The Bertz CT molecular complexity index is 883. The van der Waals surface area contributed by atoms with Crippen molar-refractivity contribution in [2.75, 3.05) is 12.0 Å². The van der Waals surface area contributed by atoms with Crippen molar-refractivity contribution in [3.63, 3.8) is 0 Å². The van der Waals surface area contributed by atoms with Crippen LogP contribution in [0.3, 0.4) is 0 Å². The normalized spacial score (nSPS) is 24.4. The molecule has 29 heavy (non-hydrogen) atoms. The van der Waals surface area contributed by atoms with Crippen molar-refractivity contribution in [2.45, 2.75) is 53.5 Å². The molecule has 1 aromatic carbocycles. The zero-order valence-corrected chi connectivity index (χ0v) is 18.8. The van der Waals surface area contributed by atoms with Gasteiger partial charge in [0.1, 0.15) is 0 Å². The molecule has 0 unspecified atom stereocenters. The second-order valence-electron chi connectivity index (χ2n) is 6.33. The van der Waals surface area contributed by atoms with E-state index in [2.05, 4.69) is 0 Å². The quantitative estimate of drug-likeness (QED) is 0.460. The summed E-state index contributed by atoms with van der Waals surface area (Å²) >= 11 is 2.53. The van der Waals surface area contributed by atoms with Gasteiger partial charge in [0.2, 0.25) is 0 Å². The summed E-state index contributed by atoms with van der Waals surface area (Å²) in [6.07, 6.45) is -1.64. The van der Waals surface area contributed by atoms with Crippen LogP contribution < -0.4 is 0 Å². The molecule has 8 nitrogen and oxygen atoms in total. The average Bonchev–Trinajstić information content (AvgIpc) is 2.58. The van der Waals surface area contributed by atoms with Gasteiger partial charge in [0.25, 0.3) is 0 Å². The van der Waals surface area contributed by atoms with E-state index in [1.165, 1.54) is 50.4 Å². The van der Waals surface area contributed by atoms with Gasteiger partial charge in [-0.3, -0.25) is 14.4 Å². The molecule has 0 bridgehead atoms. The molecule has 1 aliphatic heterocycles. The van der Waals surface area contributed by atoms with E-state index in [-0.39, 0.29) is 10.6 Å². The van der Waals surface area contributed by atoms with Crippen LogP contribution in [0, 0.1) is 0 Å². The number of sulfone groups is 1. The van der Waals surface area contributed by atoms with Gasteiger partial charge >= 0.3 is 17.9 Å². The number of carbonyl (C=O) groups excluding carboxylic acids is 3. The van der Waals surface area contributed by atoms with Crippen LogP contribution in [0.5, 0.6) is 0 Å². The number of hydrogen-bond donors (Lipinski definition) is 0. The van der Waals surface area contributed by atoms with E-state index in [4.69, 9.17) is 14.2 Å². The molecule has 160 valence electrons. The zero-order valence-electron chi connectivity index (χ0n) is 16.3. The van der Waals surface area contributed by atoms with Crippen LogP contribution in [-0.2, 0) is 38.4 Å². The molecular formula is C18H22O8S3. The van der Waals surface area contributed by atoms with Crippen LogP contribution in [0.2, 0.25) is 0 Å². The van der Waals surface area contributed by atoms with Gasteiger partial charge in [0, 0.05) is 37.7 Å².